The van der Waals surface area contributed by atoms with Crippen molar-refractivity contribution in [3.05, 3.63) is 120 Å². The van der Waals surface area contributed by atoms with Crippen LogP contribution in [0, 0.1) is 0 Å². The zero-order valence-corrected chi connectivity index (χ0v) is 18.4. The Balaban J connectivity index is 1.83. The van der Waals surface area contributed by atoms with Gasteiger partial charge in [0, 0.05) is 0 Å². The van der Waals surface area contributed by atoms with Crippen LogP contribution < -0.4 is 15.9 Å². The third kappa shape index (κ3) is 3.42. The molecule has 1 heteroatoms. The first-order valence-electron chi connectivity index (χ1n) is 10.5. The van der Waals surface area contributed by atoms with Crippen molar-refractivity contribution < 1.29 is 0 Å². The van der Waals surface area contributed by atoms with Crippen LogP contribution in [0.3, 0.4) is 0 Å². The minimum Gasteiger partial charge on any atom is -0.0686 e. The summed E-state index contributed by atoms with van der Waals surface area (Å²) in [5.74, 6) is 0. The van der Waals surface area contributed by atoms with Crippen LogP contribution in [0.2, 0.25) is 0 Å². The highest BCUT2D eigenvalue weighted by molar-refractivity contribution is 7.80. The van der Waals surface area contributed by atoms with E-state index in [1.165, 1.54) is 49.0 Å². The van der Waals surface area contributed by atoms with Crippen LogP contribution in [0.4, 0.5) is 0 Å². The van der Waals surface area contributed by atoms with Crippen LogP contribution in [0.1, 0.15) is 25.8 Å². The fourth-order valence-corrected chi connectivity index (χ4v) is 7.05. The van der Waals surface area contributed by atoms with E-state index >= 15 is 0 Å². The fourth-order valence-electron chi connectivity index (χ4n) is 4.56. The van der Waals surface area contributed by atoms with E-state index in [1.807, 2.05) is 0 Å². The van der Waals surface area contributed by atoms with Gasteiger partial charge in [0.15, 0.2) is 0 Å². The summed E-state index contributed by atoms with van der Waals surface area (Å²) >= 11 is 0. The predicted octanol–water partition coefficient (Wildman–Crippen LogP) is 6.72. The molecule has 0 spiro atoms. The molecule has 0 saturated carbocycles. The molecule has 0 N–H and O–H groups in total. The van der Waals surface area contributed by atoms with Gasteiger partial charge in [0.25, 0.3) is 0 Å². The molecule has 0 heterocycles. The minimum atomic E-state index is -0.647. The third-order valence-electron chi connectivity index (χ3n) is 5.87. The van der Waals surface area contributed by atoms with E-state index in [0.29, 0.717) is 0 Å². The quantitative estimate of drug-likeness (QED) is 0.331. The zero-order chi connectivity index (χ0) is 20.5. The lowest BCUT2D eigenvalue weighted by molar-refractivity contribution is 1.27. The van der Waals surface area contributed by atoms with E-state index in [0.717, 1.165) is 6.42 Å². The molecule has 1 aliphatic carbocycles. The highest BCUT2D eigenvalue weighted by atomic mass is 31.1. The molecular formula is C29H25P. The van der Waals surface area contributed by atoms with Crippen molar-refractivity contribution in [2.24, 2.45) is 0 Å². The number of hydrogen-bond donors (Lipinski definition) is 0. The molecular weight excluding hydrogens is 379 g/mol. The number of allylic oxidation sites excluding steroid dienone is 4. The molecule has 0 bridgehead atoms. The molecule has 30 heavy (non-hydrogen) atoms. The lowest BCUT2D eigenvalue weighted by atomic mass is 9.95. The maximum atomic E-state index is 2.39. The average molecular weight is 404 g/mol. The van der Waals surface area contributed by atoms with Gasteiger partial charge in [0.1, 0.15) is 0 Å². The molecule has 0 atom stereocenters. The number of benzene rings is 4. The molecule has 146 valence electrons. The molecule has 0 nitrogen and oxygen atoms in total. The SMILES string of the molecule is CC1=CC(C)=C(c2c(P(c3ccccc3)c3ccccc3)ccc3ccccc23)C1. The van der Waals surface area contributed by atoms with Crippen molar-refractivity contribution >= 4 is 40.2 Å². The van der Waals surface area contributed by atoms with E-state index < -0.39 is 7.92 Å². The monoisotopic (exact) mass is 404 g/mol. The molecule has 0 unspecified atom stereocenters. The third-order valence-corrected chi connectivity index (χ3v) is 8.36. The topological polar surface area (TPSA) is 0 Å². The summed E-state index contributed by atoms with van der Waals surface area (Å²) < 4.78 is 0. The second-order valence-corrected chi connectivity index (χ2v) is 10.2. The summed E-state index contributed by atoms with van der Waals surface area (Å²) in [4.78, 5) is 0. The van der Waals surface area contributed by atoms with E-state index in [2.05, 4.69) is 117 Å². The lowest BCUT2D eigenvalue weighted by Crippen LogP contribution is -2.23. The van der Waals surface area contributed by atoms with Gasteiger partial charge in [-0.05, 0) is 71.6 Å². The second-order valence-electron chi connectivity index (χ2n) is 8.02. The Morgan fingerprint density at radius 2 is 1.23 bits per heavy atom. The molecule has 1 aliphatic rings. The largest absolute Gasteiger partial charge is 0.0686 e. The Hall–Kier alpha value is -2.95. The minimum absolute atomic E-state index is 0.647. The summed E-state index contributed by atoms with van der Waals surface area (Å²) in [6.07, 6.45) is 3.40. The van der Waals surface area contributed by atoms with Crippen LogP contribution in [-0.2, 0) is 0 Å². The standard InChI is InChI=1S/C29H25P/c1-21-19-22(2)27(20-21)29-26-16-10-9-11-23(26)17-18-28(29)30(24-12-5-3-6-13-24)25-14-7-4-8-15-25/h3-19H,20H2,1-2H3. The second kappa shape index (κ2) is 8.05. The van der Waals surface area contributed by atoms with Crippen molar-refractivity contribution in [3.8, 4) is 0 Å². The molecule has 4 aromatic carbocycles. The molecule has 0 amide bonds. The van der Waals surface area contributed by atoms with Crippen LogP contribution in [0.15, 0.2) is 114 Å². The lowest BCUT2D eigenvalue weighted by Gasteiger charge is -2.25. The Labute approximate surface area is 180 Å². The highest BCUT2D eigenvalue weighted by Gasteiger charge is 2.24. The van der Waals surface area contributed by atoms with Crippen LogP contribution in [0.25, 0.3) is 16.3 Å². The van der Waals surface area contributed by atoms with E-state index in [4.69, 9.17) is 0 Å². The Morgan fingerprint density at radius 1 is 0.633 bits per heavy atom. The highest BCUT2D eigenvalue weighted by Crippen LogP contribution is 2.42. The maximum absolute atomic E-state index is 2.39. The van der Waals surface area contributed by atoms with Crippen molar-refractivity contribution in [1.29, 1.82) is 0 Å². The van der Waals surface area contributed by atoms with Crippen LogP contribution >= 0.6 is 7.92 Å². The smallest absolute Gasteiger partial charge is 0.00563 e. The van der Waals surface area contributed by atoms with Gasteiger partial charge in [-0.3, -0.25) is 0 Å². The van der Waals surface area contributed by atoms with Gasteiger partial charge in [-0.2, -0.15) is 0 Å². The van der Waals surface area contributed by atoms with Crippen molar-refractivity contribution in [2.75, 3.05) is 0 Å². The normalized spacial score (nSPS) is 13.9. The Morgan fingerprint density at radius 3 is 1.83 bits per heavy atom. The van der Waals surface area contributed by atoms with Gasteiger partial charge in [-0.25, -0.2) is 0 Å². The van der Waals surface area contributed by atoms with Crippen molar-refractivity contribution in [1.82, 2.24) is 0 Å². The summed E-state index contributed by atoms with van der Waals surface area (Å²) in [6.45, 7) is 4.52. The van der Waals surface area contributed by atoms with Gasteiger partial charge in [-0.15, -0.1) is 0 Å². The average Bonchev–Trinajstić information content (AvgIpc) is 3.12. The number of rotatable bonds is 4. The summed E-state index contributed by atoms with van der Waals surface area (Å²) in [6, 6.07) is 35.6. The first-order valence-corrected chi connectivity index (χ1v) is 11.9. The molecule has 5 rings (SSSR count). The number of fused-ring (bicyclic) bond motifs is 1. The summed E-state index contributed by atoms with van der Waals surface area (Å²) in [5, 5.41) is 6.94. The molecule has 0 radical (unpaired) electrons. The Bertz CT molecular complexity index is 1220. The predicted molar refractivity (Wildman–Crippen MR) is 134 cm³/mol. The Kier molecular flexibility index (Phi) is 5.11. The van der Waals surface area contributed by atoms with Crippen molar-refractivity contribution in [2.45, 2.75) is 20.3 Å². The van der Waals surface area contributed by atoms with E-state index in [-0.39, 0.29) is 0 Å². The van der Waals surface area contributed by atoms with Gasteiger partial charge in [0.05, 0.1) is 0 Å². The summed E-state index contributed by atoms with van der Waals surface area (Å²) in [7, 11) is -0.647. The molecule has 0 fully saturated rings. The van der Waals surface area contributed by atoms with Gasteiger partial charge >= 0.3 is 0 Å². The van der Waals surface area contributed by atoms with Crippen molar-refractivity contribution in [3.63, 3.8) is 0 Å². The fraction of sp³-hybridized carbons (Fsp3) is 0.103. The molecule has 0 saturated heterocycles. The van der Waals surface area contributed by atoms with Gasteiger partial charge in [-0.1, -0.05) is 109 Å². The zero-order valence-electron chi connectivity index (χ0n) is 17.5. The molecule has 0 aliphatic heterocycles. The number of hydrogen-bond acceptors (Lipinski definition) is 0. The molecule has 4 aromatic rings. The summed E-state index contributed by atoms with van der Waals surface area (Å²) in [5.41, 5.74) is 5.78. The first-order chi connectivity index (χ1) is 14.7. The van der Waals surface area contributed by atoms with E-state index in [9.17, 15) is 0 Å². The molecule has 0 aromatic heterocycles. The van der Waals surface area contributed by atoms with Crippen LogP contribution in [0.5, 0.6) is 0 Å². The van der Waals surface area contributed by atoms with Gasteiger partial charge < -0.3 is 0 Å². The van der Waals surface area contributed by atoms with Crippen LogP contribution in [-0.4, -0.2) is 0 Å². The van der Waals surface area contributed by atoms with Gasteiger partial charge in [0.2, 0.25) is 0 Å². The maximum Gasteiger partial charge on any atom is -0.00563 e. The van der Waals surface area contributed by atoms with E-state index in [1.54, 1.807) is 0 Å². The first kappa shape index (κ1) is 19.0.